The molecule has 3 aromatic rings. The van der Waals surface area contributed by atoms with E-state index in [1.54, 1.807) is 14.2 Å². The van der Waals surface area contributed by atoms with Crippen molar-refractivity contribution in [1.82, 2.24) is 14.5 Å². The Labute approximate surface area is 208 Å². The van der Waals surface area contributed by atoms with E-state index in [2.05, 4.69) is 37.6 Å². The van der Waals surface area contributed by atoms with Gasteiger partial charge in [0.25, 0.3) is 5.91 Å². The van der Waals surface area contributed by atoms with E-state index in [0.29, 0.717) is 47.9 Å². The molecule has 3 rings (SSSR count). The zero-order valence-corrected chi connectivity index (χ0v) is 21.8. The number of amides is 1. The van der Waals surface area contributed by atoms with Crippen molar-refractivity contribution in [2.24, 2.45) is 17.6 Å². The van der Waals surface area contributed by atoms with Crippen LogP contribution in [0.4, 0.5) is 11.6 Å². The number of aryl methyl sites for hydroxylation is 1. The first kappa shape index (κ1) is 26.3. The van der Waals surface area contributed by atoms with Crippen molar-refractivity contribution in [2.75, 3.05) is 39.2 Å². The number of nitrogens with two attached hydrogens (primary N) is 1. The summed E-state index contributed by atoms with van der Waals surface area (Å²) in [5.74, 6) is 2.88. The van der Waals surface area contributed by atoms with Crippen LogP contribution in [0.2, 0.25) is 0 Å². The van der Waals surface area contributed by atoms with E-state index in [1.165, 1.54) is 0 Å². The maximum atomic E-state index is 13.5. The Balaban J connectivity index is 2.01. The van der Waals surface area contributed by atoms with Gasteiger partial charge in [-0.25, -0.2) is 4.98 Å². The summed E-state index contributed by atoms with van der Waals surface area (Å²) in [5.41, 5.74) is 9.01. The summed E-state index contributed by atoms with van der Waals surface area (Å²) in [7, 11) is 3.24. The van der Waals surface area contributed by atoms with Gasteiger partial charge in [0.05, 0.1) is 25.3 Å². The van der Waals surface area contributed by atoms with Crippen molar-refractivity contribution in [3.05, 3.63) is 42.0 Å². The number of nitrogens with one attached hydrogen (secondary N) is 1. The number of benzene rings is 2. The van der Waals surface area contributed by atoms with Crippen LogP contribution in [0.3, 0.4) is 0 Å². The van der Waals surface area contributed by atoms with E-state index < -0.39 is 0 Å². The van der Waals surface area contributed by atoms with E-state index in [4.69, 9.17) is 20.2 Å². The van der Waals surface area contributed by atoms with Gasteiger partial charge in [0.1, 0.15) is 11.5 Å². The molecule has 190 valence electrons. The summed E-state index contributed by atoms with van der Waals surface area (Å²) in [4.78, 5) is 20.2. The minimum Gasteiger partial charge on any atom is -0.497 e. The molecule has 0 radical (unpaired) electrons. The van der Waals surface area contributed by atoms with E-state index in [0.717, 1.165) is 36.2 Å². The third-order valence-electron chi connectivity index (χ3n) is 5.65. The van der Waals surface area contributed by atoms with Crippen LogP contribution in [-0.4, -0.2) is 54.2 Å². The van der Waals surface area contributed by atoms with Gasteiger partial charge in [-0.15, -0.1) is 0 Å². The number of carbonyl (C=O) groups excluding carboxylic acids is 1. The minimum absolute atomic E-state index is 0.0490. The molecule has 1 aromatic heterocycles. The monoisotopic (exact) mass is 481 g/mol. The van der Waals surface area contributed by atoms with E-state index in [-0.39, 0.29) is 5.91 Å². The molecule has 0 spiro atoms. The highest BCUT2D eigenvalue weighted by atomic mass is 16.5. The molecule has 0 saturated heterocycles. The number of methoxy groups -OCH3 is 2. The Hall–Kier alpha value is -3.26. The number of hydrogen-bond donors (Lipinski definition) is 2. The molecule has 1 amide bonds. The van der Waals surface area contributed by atoms with Crippen molar-refractivity contribution in [3.63, 3.8) is 0 Å². The number of hydrogen-bond acceptors (Lipinski definition) is 6. The predicted octanol–water partition coefficient (Wildman–Crippen LogP) is 4.90. The van der Waals surface area contributed by atoms with Crippen molar-refractivity contribution in [2.45, 2.75) is 40.7 Å². The molecule has 35 heavy (non-hydrogen) atoms. The Morgan fingerprint density at radius 2 is 1.66 bits per heavy atom. The molecule has 0 aliphatic carbocycles. The second-order valence-corrected chi connectivity index (χ2v) is 9.66. The summed E-state index contributed by atoms with van der Waals surface area (Å²) in [6.45, 7) is 11.2. The largest absolute Gasteiger partial charge is 0.497 e. The topological polar surface area (TPSA) is 94.6 Å². The molecule has 0 aliphatic rings. The zero-order chi connectivity index (χ0) is 25.5. The first-order valence-electron chi connectivity index (χ1n) is 12.2. The van der Waals surface area contributed by atoms with Gasteiger partial charge >= 0.3 is 0 Å². The van der Waals surface area contributed by atoms with Gasteiger partial charge < -0.3 is 30.0 Å². The lowest BCUT2D eigenvalue weighted by Crippen LogP contribution is -2.37. The molecule has 0 aliphatic heterocycles. The van der Waals surface area contributed by atoms with E-state index >= 15 is 0 Å². The average molecular weight is 482 g/mol. The highest BCUT2D eigenvalue weighted by molar-refractivity contribution is 5.98. The van der Waals surface area contributed by atoms with E-state index in [9.17, 15) is 4.79 Å². The highest BCUT2D eigenvalue weighted by Crippen LogP contribution is 2.30. The molecule has 3 N–H and O–H groups in total. The fourth-order valence-electron chi connectivity index (χ4n) is 4.14. The fourth-order valence-corrected chi connectivity index (χ4v) is 4.14. The van der Waals surface area contributed by atoms with Crippen LogP contribution < -0.4 is 20.5 Å². The normalized spacial score (nSPS) is 11.3. The minimum atomic E-state index is 0.0490. The quantitative estimate of drug-likeness (QED) is 0.382. The second kappa shape index (κ2) is 11.9. The fraction of sp³-hybridized carbons (Fsp3) is 0.481. The number of carbonyl (C=O) groups is 1. The van der Waals surface area contributed by atoms with Crippen LogP contribution in [0, 0.1) is 11.8 Å². The zero-order valence-electron chi connectivity index (χ0n) is 21.8. The molecule has 8 heteroatoms. The maximum Gasteiger partial charge on any atom is 0.253 e. The Kier molecular flexibility index (Phi) is 8.98. The van der Waals surface area contributed by atoms with Gasteiger partial charge in [0.2, 0.25) is 5.95 Å². The van der Waals surface area contributed by atoms with Gasteiger partial charge in [0.15, 0.2) is 0 Å². The molecule has 1 heterocycles. The molecule has 2 aromatic carbocycles. The lowest BCUT2D eigenvalue weighted by Gasteiger charge is -2.26. The van der Waals surface area contributed by atoms with Gasteiger partial charge in [-0.3, -0.25) is 4.79 Å². The van der Waals surface area contributed by atoms with Crippen LogP contribution >= 0.6 is 0 Å². The number of nitrogens with zero attached hydrogens (tertiary/aromatic N) is 3. The number of anilines is 2. The lowest BCUT2D eigenvalue weighted by atomic mass is 10.1. The summed E-state index contributed by atoms with van der Waals surface area (Å²) < 4.78 is 12.9. The number of rotatable bonds is 12. The maximum absolute atomic E-state index is 13.5. The van der Waals surface area contributed by atoms with Crippen molar-refractivity contribution < 1.29 is 14.3 Å². The van der Waals surface area contributed by atoms with Gasteiger partial charge in [0, 0.05) is 49.1 Å². The number of aromatic nitrogens is 2. The summed E-state index contributed by atoms with van der Waals surface area (Å²) in [5, 5.41) is 3.40. The molecule has 0 bridgehead atoms. The average Bonchev–Trinajstić information content (AvgIpc) is 3.16. The van der Waals surface area contributed by atoms with Crippen molar-refractivity contribution in [1.29, 1.82) is 0 Å². The molecular weight excluding hydrogens is 442 g/mol. The van der Waals surface area contributed by atoms with Crippen molar-refractivity contribution >= 4 is 28.6 Å². The molecule has 0 unspecified atom stereocenters. The Morgan fingerprint density at radius 1 is 1.03 bits per heavy atom. The molecule has 0 fully saturated rings. The van der Waals surface area contributed by atoms with Gasteiger partial charge in [-0.05, 0) is 43.0 Å². The standard InChI is InChI=1S/C27H39N5O3/c1-18(2)16-31(17-19(3)4)26(33)20-8-9-24-25(12-20)32(11-7-10-28)27(30-24)29-21-13-22(34-5)15-23(14-21)35-6/h8-9,12-15,18-19H,7,10-11,16-17,28H2,1-6H3,(H,29,30). The van der Waals surface area contributed by atoms with Gasteiger partial charge in [-0.2, -0.15) is 0 Å². The Bertz CT molecular complexity index is 1110. The smallest absolute Gasteiger partial charge is 0.253 e. The molecule has 0 atom stereocenters. The highest BCUT2D eigenvalue weighted by Gasteiger charge is 2.20. The first-order valence-corrected chi connectivity index (χ1v) is 12.2. The summed E-state index contributed by atoms with van der Waals surface area (Å²) in [6, 6.07) is 11.3. The molecule has 8 nitrogen and oxygen atoms in total. The van der Waals surface area contributed by atoms with Crippen LogP contribution in [0.25, 0.3) is 11.0 Å². The van der Waals surface area contributed by atoms with E-state index in [1.807, 2.05) is 41.3 Å². The molecular formula is C27H39N5O3. The number of ether oxygens (including phenoxy) is 2. The summed E-state index contributed by atoms with van der Waals surface area (Å²) >= 11 is 0. The van der Waals surface area contributed by atoms with Crippen LogP contribution in [0.15, 0.2) is 36.4 Å². The molecule has 0 saturated carbocycles. The first-order chi connectivity index (χ1) is 16.7. The van der Waals surface area contributed by atoms with Crippen LogP contribution in [0.1, 0.15) is 44.5 Å². The number of fused-ring (bicyclic) bond motifs is 1. The van der Waals surface area contributed by atoms with Crippen molar-refractivity contribution in [3.8, 4) is 11.5 Å². The van der Waals surface area contributed by atoms with Crippen LogP contribution in [-0.2, 0) is 6.54 Å². The number of imidazole rings is 1. The third kappa shape index (κ3) is 6.66. The third-order valence-corrected chi connectivity index (χ3v) is 5.65. The SMILES string of the molecule is COc1cc(Nc2nc3ccc(C(=O)N(CC(C)C)CC(C)C)cc3n2CCCN)cc(OC)c1. The van der Waals surface area contributed by atoms with Crippen LogP contribution in [0.5, 0.6) is 11.5 Å². The lowest BCUT2D eigenvalue weighted by molar-refractivity contribution is 0.0715. The van der Waals surface area contributed by atoms with Gasteiger partial charge in [-0.1, -0.05) is 27.7 Å². The summed E-state index contributed by atoms with van der Waals surface area (Å²) in [6.07, 6.45) is 0.784. The predicted molar refractivity (Wildman–Crippen MR) is 142 cm³/mol. The second-order valence-electron chi connectivity index (χ2n) is 9.66. The Morgan fingerprint density at radius 3 is 2.20 bits per heavy atom.